The normalized spacial score (nSPS) is 11.3. The first-order valence-electron chi connectivity index (χ1n) is 28.5. The van der Waals surface area contributed by atoms with E-state index in [1.807, 2.05) is 66.7 Å². The van der Waals surface area contributed by atoms with Crippen molar-refractivity contribution >= 4 is 115 Å². The van der Waals surface area contributed by atoms with Crippen LogP contribution in [0.3, 0.4) is 0 Å². The Labute approximate surface area is 497 Å². The van der Waals surface area contributed by atoms with Gasteiger partial charge in [0.25, 0.3) is 0 Å². The molecule has 16 aromatic rings. The van der Waals surface area contributed by atoms with Crippen LogP contribution >= 0.6 is 15.9 Å². The maximum absolute atomic E-state index is 10.1. The lowest BCUT2D eigenvalue weighted by atomic mass is 9.72. The van der Waals surface area contributed by atoms with E-state index in [4.69, 9.17) is 0 Å². The minimum absolute atomic E-state index is 0.556. The molecule has 0 saturated heterocycles. The minimum atomic E-state index is -1.53. The molecule has 0 aliphatic carbocycles. The second kappa shape index (κ2) is 22.8. The zero-order chi connectivity index (χ0) is 56.5. The number of hydrogen-bond donors (Lipinski definition) is 2. The van der Waals surface area contributed by atoms with E-state index in [9.17, 15) is 10.0 Å². The molecule has 0 radical (unpaired) electrons. The number of benzene rings is 16. The Balaban J connectivity index is 0.000000124. The Bertz CT molecular complexity index is 4990. The van der Waals surface area contributed by atoms with Crippen molar-refractivity contribution in [2.24, 2.45) is 0 Å². The largest absolute Gasteiger partial charge is 0.489 e. The van der Waals surface area contributed by atoms with Gasteiger partial charge in [-0.25, -0.2) is 0 Å². The summed E-state index contributed by atoms with van der Waals surface area (Å²) in [6, 6.07) is 111. The highest BCUT2D eigenvalue weighted by Crippen LogP contribution is 2.46. The lowest BCUT2D eigenvalue weighted by molar-refractivity contribution is 0.426. The summed E-state index contributed by atoms with van der Waals surface area (Å²) in [5.74, 6) is 0. The lowest BCUT2D eigenvalue weighted by Gasteiger charge is -2.19. The zero-order valence-electron chi connectivity index (χ0n) is 45.9. The van der Waals surface area contributed by atoms with Crippen molar-refractivity contribution in [3.05, 3.63) is 320 Å². The maximum Gasteiger partial charge on any atom is 0.489 e. The summed E-state index contributed by atoms with van der Waals surface area (Å²) in [5, 5.41) is 39.4. The Morgan fingerprint density at radius 2 is 0.512 bits per heavy atom. The van der Waals surface area contributed by atoms with Gasteiger partial charge in [-0.2, -0.15) is 0 Å². The number of hydrogen-bond acceptors (Lipinski definition) is 2. The fourth-order valence-electron chi connectivity index (χ4n) is 12.7. The lowest BCUT2D eigenvalue weighted by Crippen LogP contribution is -2.31. The molecule has 0 bridgehead atoms. The monoisotopic (exact) mass is 1140 g/mol. The molecule has 0 heterocycles. The smallest absolute Gasteiger partial charge is 0.423 e. The fourth-order valence-corrected chi connectivity index (χ4v) is 13.2. The van der Waals surface area contributed by atoms with E-state index >= 15 is 0 Å². The third kappa shape index (κ3) is 9.66. The van der Waals surface area contributed by atoms with Gasteiger partial charge < -0.3 is 10.0 Å². The Morgan fingerprint density at radius 3 is 0.952 bits per heavy atom. The predicted molar refractivity (Wildman–Crippen MR) is 364 cm³/mol. The second-order valence-corrected chi connectivity index (χ2v) is 22.1. The molecular weight excluding hydrogens is 1080 g/mol. The molecule has 0 unspecified atom stereocenters. The van der Waals surface area contributed by atoms with Gasteiger partial charge in [0.2, 0.25) is 0 Å². The third-order valence-corrected chi connectivity index (χ3v) is 17.2. The van der Waals surface area contributed by atoms with Crippen LogP contribution < -0.4 is 5.46 Å². The highest BCUT2D eigenvalue weighted by atomic mass is 79.9. The number of halogens is 1. The molecule has 4 heteroatoms. The predicted octanol–water partition coefficient (Wildman–Crippen LogP) is 21.1. The van der Waals surface area contributed by atoms with Crippen LogP contribution in [0.2, 0.25) is 0 Å². The van der Waals surface area contributed by atoms with Gasteiger partial charge in [0.1, 0.15) is 0 Å². The molecule has 0 aliphatic rings. The molecule has 396 valence electrons. The van der Waals surface area contributed by atoms with E-state index in [0.29, 0.717) is 5.46 Å². The summed E-state index contributed by atoms with van der Waals surface area (Å²) >= 11 is 3.58. The molecule has 0 aliphatic heterocycles. The van der Waals surface area contributed by atoms with Crippen LogP contribution in [0.1, 0.15) is 0 Å². The molecular formula is C80H54BBrO2. The van der Waals surface area contributed by atoms with Crippen molar-refractivity contribution in [1.82, 2.24) is 0 Å². The second-order valence-electron chi connectivity index (χ2n) is 21.3. The van der Waals surface area contributed by atoms with E-state index in [1.165, 1.54) is 109 Å². The van der Waals surface area contributed by atoms with E-state index < -0.39 is 7.12 Å². The number of fused-ring (bicyclic) bond motifs is 10. The number of rotatable bonds is 6. The van der Waals surface area contributed by atoms with E-state index in [1.54, 1.807) is 0 Å². The molecule has 84 heavy (non-hydrogen) atoms. The SMILES string of the molecule is Brc1cccc2c1ccc1ccccc12.OB(O)c1c2ccccc2c(-c2ccc(-c3ccccc3)cc2)c2ccccc12.c1ccc(-c2ccc(-c3c4ccccc4c(-c4cccc5c4ccc4ccccc45)c4ccccc34)cc2)cc1. The van der Waals surface area contributed by atoms with Crippen molar-refractivity contribution < 1.29 is 10.0 Å². The van der Waals surface area contributed by atoms with Crippen LogP contribution in [0.4, 0.5) is 0 Å². The Kier molecular flexibility index (Phi) is 14.1. The van der Waals surface area contributed by atoms with Crippen LogP contribution in [-0.4, -0.2) is 17.2 Å². The quantitative estimate of drug-likeness (QED) is 0.0990. The molecule has 0 spiro atoms. The highest BCUT2D eigenvalue weighted by molar-refractivity contribution is 9.10. The van der Waals surface area contributed by atoms with Gasteiger partial charge in [0, 0.05) is 4.47 Å². The molecule has 0 atom stereocenters. The Morgan fingerprint density at radius 1 is 0.202 bits per heavy atom. The summed E-state index contributed by atoms with van der Waals surface area (Å²) < 4.78 is 1.16. The summed E-state index contributed by atoms with van der Waals surface area (Å²) in [5.41, 5.74) is 12.7. The van der Waals surface area contributed by atoms with E-state index in [0.717, 1.165) is 37.1 Å². The van der Waals surface area contributed by atoms with E-state index in [-0.39, 0.29) is 0 Å². The zero-order valence-corrected chi connectivity index (χ0v) is 47.5. The molecule has 16 rings (SSSR count). The molecule has 0 amide bonds. The molecule has 2 N–H and O–H groups in total. The topological polar surface area (TPSA) is 40.5 Å². The highest BCUT2D eigenvalue weighted by Gasteiger charge is 2.23. The molecule has 0 fully saturated rings. The van der Waals surface area contributed by atoms with Gasteiger partial charge in [0.15, 0.2) is 0 Å². The van der Waals surface area contributed by atoms with Gasteiger partial charge in [-0.3, -0.25) is 0 Å². The van der Waals surface area contributed by atoms with Gasteiger partial charge in [-0.1, -0.05) is 325 Å². The summed E-state index contributed by atoms with van der Waals surface area (Å²) in [6.07, 6.45) is 0. The summed E-state index contributed by atoms with van der Waals surface area (Å²) in [7, 11) is -1.53. The van der Waals surface area contributed by atoms with Crippen LogP contribution in [-0.2, 0) is 0 Å². The average molecular weight is 1140 g/mol. The molecule has 0 aromatic heterocycles. The Hall–Kier alpha value is -9.94. The van der Waals surface area contributed by atoms with Gasteiger partial charge in [0.05, 0.1) is 0 Å². The van der Waals surface area contributed by atoms with Crippen LogP contribution in [0.15, 0.2) is 320 Å². The van der Waals surface area contributed by atoms with Crippen molar-refractivity contribution in [2.75, 3.05) is 0 Å². The van der Waals surface area contributed by atoms with Crippen molar-refractivity contribution in [3.8, 4) is 55.6 Å². The summed E-state index contributed by atoms with van der Waals surface area (Å²) in [6.45, 7) is 0. The van der Waals surface area contributed by atoms with E-state index in [2.05, 4.69) is 265 Å². The van der Waals surface area contributed by atoms with Crippen LogP contribution in [0.5, 0.6) is 0 Å². The maximum atomic E-state index is 10.1. The van der Waals surface area contributed by atoms with Crippen molar-refractivity contribution in [1.29, 1.82) is 0 Å². The summed E-state index contributed by atoms with van der Waals surface area (Å²) in [4.78, 5) is 0. The van der Waals surface area contributed by atoms with Crippen LogP contribution in [0, 0.1) is 0 Å². The first kappa shape index (κ1) is 52.2. The standard InChI is InChI=1S/C40H26.C26H19BO2.C14H9Br/c1-2-11-27(12-3-1)28-21-23-30(24-22-28)39-35-15-6-8-17-37(35)40(38-18-9-7-16-36(38)39)34-20-10-19-32-31-14-5-4-13-29(31)25-26-33(32)34;28-27(29)26-23-12-6-4-10-21(23)25(22-11-5-7-13-24(22)26)20-16-14-19(15-17-20)18-8-2-1-3-9-18;15-14-7-3-6-12-11-5-2-1-4-10(11)8-9-13(12)14/h1-26H;1-17,28-29H;1-9H. The van der Waals surface area contributed by atoms with Crippen molar-refractivity contribution in [2.45, 2.75) is 0 Å². The molecule has 0 saturated carbocycles. The van der Waals surface area contributed by atoms with Crippen molar-refractivity contribution in [3.63, 3.8) is 0 Å². The average Bonchev–Trinajstić information content (AvgIpc) is 1.41. The third-order valence-electron chi connectivity index (χ3n) is 16.5. The first-order chi connectivity index (χ1) is 41.5. The van der Waals surface area contributed by atoms with Gasteiger partial charge in [-0.05, 0) is 153 Å². The van der Waals surface area contributed by atoms with Crippen LogP contribution in [0.25, 0.3) is 142 Å². The fraction of sp³-hybridized carbons (Fsp3) is 0. The van der Waals surface area contributed by atoms with Gasteiger partial charge >= 0.3 is 7.12 Å². The molecule has 16 aromatic carbocycles. The molecule has 2 nitrogen and oxygen atoms in total. The van der Waals surface area contributed by atoms with Gasteiger partial charge in [-0.15, -0.1) is 0 Å². The first-order valence-corrected chi connectivity index (χ1v) is 29.3. The minimum Gasteiger partial charge on any atom is -0.423 e.